The minimum absolute atomic E-state index is 0. The monoisotopic (exact) mass is 566 g/mol. The first-order chi connectivity index (χ1) is 17.1. The van der Waals surface area contributed by atoms with Crippen molar-refractivity contribution in [1.82, 2.24) is 0 Å². The average molecular weight is 567 g/mol. The molecule has 4 rings (SSSR count). The fourth-order valence-corrected chi connectivity index (χ4v) is 5.02. The summed E-state index contributed by atoms with van der Waals surface area (Å²) >= 11 is 0. The van der Waals surface area contributed by atoms with E-state index in [1.54, 1.807) is 60.7 Å². The molecular formula is C28H24Na2O6S2. The maximum absolute atomic E-state index is 11.5. The van der Waals surface area contributed by atoms with Gasteiger partial charge in [-0.3, -0.25) is 9.11 Å². The van der Waals surface area contributed by atoms with Gasteiger partial charge >= 0.3 is 59.1 Å². The molecule has 0 aliphatic rings. The van der Waals surface area contributed by atoms with E-state index in [0.717, 1.165) is 22.3 Å². The van der Waals surface area contributed by atoms with E-state index in [2.05, 4.69) is 0 Å². The van der Waals surface area contributed by atoms with Crippen LogP contribution >= 0.6 is 0 Å². The van der Waals surface area contributed by atoms with Gasteiger partial charge in [0.25, 0.3) is 20.2 Å². The van der Waals surface area contributed by atoms with Crippen molar-refractivity contribution in [2.24, 2.45) is 0 Å². The Morgan fingerprint density at radius 1 is 0.474 bits per heavy atom. The van der Waals surface area contributed by atoms with Crippen LogP contribution in [0.3, 0.4) is 0 Å². The van der Waals surface area contributed by atoms with Gasteiger partial charge in [0, 0.05) is 0 Å². The van der Waals surface area contributed by atoms with Crippen LogP contribution < -0.4 is 59.1 Å². The molecule has 0 bridgehead atoms. The Balaban J connectivity index is 0.00000380. The third kappa shape index (κ3) is 8.59. The molecule has 2 N–H and O–H groups in total. The molecule has 10 heteroatoms. The third-order valence-electron chi connectivity index (χ3n) is 5.46. The van der Waals surface area contributed by atoms with Crippen LogP contribution in [0.4, 0.5) is 0 Å². The molecule has 0 unspecified atom stereocenters. The van der Waals surface area contributed by atoms with Gasteiger partial charge in [-0.25, -0.2) is 0 Å². The molecule has 38 heavy (non-hydrogen) atoms. The van der Waals surface area contributed by atoms with Gasteiger partial charge in [0.2, 0.25) is 0 Å². The minimum atomic E-state index is -4.31. The summed E-state index contributed by atoms with van der Waals surface area (Å²) in [7, 11) is -8.61. The van der Waals surface area contributed by atoms with Crippen molar-refractivity contribution in [3.63, 3.8) is 0 Å². The van der Waals surface area contributed by atoms with Crippen molar-refractivity contribution in [3.05, 3.63) is 119 Å². The van der Waals surface area contributed by atoms with Crippen LogP contribution in [-0.2, 0) is 20.2 Å². The van der Waals surface area contributed by atoms with Crippen LogP contribution in [0.5, 0.6) is 0 Å². The molecule has 0 heterocycles. The molecule has 0 atom stereocenters. The van der Waals surface area contributed by atoms with Crippen molar-refractivity contribution in [2.75, 3.05) is 0 Å². The summed E-state index contributed by atoms with van der Waals surface area (Å²) in [5, 5.41) is 0. The molecular weight excluding hydrogens is 542 g/mol. The first kappa shape index (κ1) is 32.4. The molecule has 0 radical (unpaired) electrons. The van der Waals surface area contributed by atoms with E-state index in [0.29, 0.717) is 11.1 Å². The van der Waals surface area contributed by atoms with Crippen molar-refractivity contribution in [2.45, 2.75) is 9.79 Å². The number of hydrogen-bond acceptors (Lipinski definition) is 4. The van der Waals surface area contributed by atoms with Gasteiger partial charge in [0.15, 0.2) is 0 Å². The first-order valence-corrected chi connectivity index (χ1v) is 13.7. The second kappa shape index (κ2) is 14.0. The summed E-state index contributed by atoms with van der Waals surface area (Å²) in [6.07, 6.45) is 6.82. The van der Waals surface area contributed by atoms with E-state index < -0.39 is 20.2 Å². The molecule has 6 nitrogen and oxygen atoms in total. The fourth-order valence-electron chi connectivity index (χ4n) is 3.65. The Hall–Kier alpha value is -1.82. The van der Waals surface area contributed by atoms with E-state index in [-0.39, 0.29) is 71.8 Å². The van der Waals surface area contributed by atoms with E-state index in [1.165, 1.54) is 12.1 Å². The summed E-state index contributed by atoms with van der Waals surface area (Å²) in [5.41, 5.74) is 4.48. The van der Waals surface area contributed by atoms with Crippen LogP contribution in [0, 0.1) is 0 Å². The quantitative estimate of drug-likeness (QED) is 0.191. The van der Waals surface area contributed by atoms with E-state index >= 15 is 0 Å². The molecule has 0 fully saturated rings. The van der Waals surface area contributed by atoms with Crippen molar-refractivity contribution in [1.29, 1.82) is 0 Å². The van der Waals surface area contributed by atoms with E-state index in [9.17, 15) is 25.9 Å². The molecule has 0 spiro atoms. The molecule has 0 aromatic heterocycles. The number of hydrogen-bond donors (Lipinski definition) is 2. The summed E-state index contributed by atoms with van der Waals surface area (Å²) in [4.78, 5) is -0.290. The van der Waals surface area contributed by atoms with Crippen LogP contribution in [0.1, 0.15) is 25.1 Å². The summed E-state index contributed by atoms with van der Waals surface area (Å²) in [5.74, 6) is 0. The summed E-state index contributed by atoms with van der Waals surface area (Å²) in [6, 6.07) is 27.8. The van der Waals surface area contributed by atoms with Crippen LogP contribution in [-0.4, -0.2) is 25.9 Å². The van der Waals surface area contributed by atoms with Gasteiger partial charge in [-0.1, -0.05) is 109 Å². The molecule has 4 aromatic rings. The topological polar surface area (TPSA) is 109 Å². The van der Waals surface area contributed by atoms with Gasteiger partial charge < -0.3 is 2.85 Å². The average Bonchev–Trinajstić information content (AvgIpc) is 2.86. The second-order valence-electron chi connectivity index (χ2n) is 7.94. The normalized spacial score (nSPS) is 11.7. The van der Waals surface area contributed by atoms with Crippen LogP contribution in [0.15, 0.2) is 107 Å². The van der Waals surface area contributed by atoms with Crippen LogP contribution in [0.25, 0.3) is 35.4 Å². The standard InChI is InChI=1S/C28H22O6S2.2Na.2H/c29-35(30,31)27-7-3-1-5-25(27)19-13-21-9-15-23(16-10-21)24-17-11-22(12-18-24)14-20-26-6-2-4-8-28(26)36(32,33)34;;;;/h1-20H,(H,29,30,31)(H,32,33,34);;;;/q;2*+1;2*-1/b19-13+,20-14+;;;;. The molecule has 0 aliphatic heterocycles. The third-order valence-corrected chi connectivity index (χ3v) is 7.31. The Morgan fingerprint density at radius 2 is 0.789 bits per heavy atom. The second-order valence-corrected chi connectivity index (χ2v) is 10.7. The first-order valence-electron chi connectivity index (χ1n) is 10.8. The van der Waals surface area contributed by atoms with Gasteiger partial charge in [-0.15, -0.1) is 0 Å². The summed E-state index contributed by atoms with van der Waals surface area (Å²) < 4.78 is 64.9. The van der Waals surface area contributed by atoms with E-state index in [1.807, 2.05) is 48.5 Å². The van der Waals surface area contributed by atoms with Gasteiger partial charge in [0.1, 0.15) is 9.79 Å². The maximum atomic E-state index is 11.5. The SMILES string of the molecule is O=S(=O)(O)c1ccccc1/C=C/c1ccc(-c2ccc(/C=C/c3ccccc3S(=O)(=O)O)cc2)cc1.[H-].[H-].[Na+].[Na+]. The zero-order valence-corrected chi connectivity index (χ0v) is 26.5. The zero-order chi connectivity index (χ0) is 25.8. The van der Waals surface area contributed by atoms with Gasteiger partial charge in [-0.2, -0.15) is 16.8 Å². The molecule has 0 amide bonds. The fraction of sp³-hybridized carbons (Fsp3) is 0. The molecule has 4 aromatic carbocycles. The van der Waals surface area contributed by atoms with Crippen molar-refractivity contribution in [3.8, 4) is 11.1 Å². The zero-order valence-electron chi connectivity index (χ0n) is 22.9. The smallest absolute Gasteiger partial charge is 1.00 e. The molecule has 0 saturated carbocycles. The van der Waals surface area contributed by atoms with Gasteiger partial charge in [0.05, 0.1) is 0 Å². The molecule has 0 aliphatic carbocycles. The Kier molecular flexibility index (Phi) is 11.9. The molecule has 0 saturated heterocycles. The Bertz CT molecular complexity index is 1550. The van der Waals surface area contributed by atoms with Crippen molar-refractivity contribution < 1.29 is 87.9 Å². The van der Waals surface area contributed by atoms with Gasteiger partial charge in [-0.05, 0) is 45.5 Å². The maximum Gasteiger partial charge on any atom is 1.00 e. The Morgan fingerprint density at radius 3 is 1.11 bits per heavy atom. The molecule has 186 valence electrons. The summed E-state index contributed by atoms with van der Waals surface area (Å²) in [6.45, 7) is 0. The largest absolute Gasteiger partial charge is 1.00 e. The van der Waals surface area contributed by atoms with Crippen LogP contribution in [0.2, 0.25) is 0 Å². The minimum Gasteiger partial charge on any atom is -1.00 e. The Labute approximate surface area is 270 Å². The van der Waals surface area contributed by atoms with Crippen molar-refractivity contribution >= 4 is 44.5 Å². The number of rotatable bonds is 7. The van der Waals surface area contributed by atoms with E-state index in [4.69, 9.17) is 0 Å². The predicted molar refractivity (Wildman–Crippen MR) is 144 cm³/mol. The predicted octanol–water partition coefficient (Wildman–Crippen LogP) is 0.421. The number of benzene rings is 4.